The van der Waals surface area contributed by atoms with Crippen LogP contribution in [-0.2, 0) is 6.42 Å². The van der Waals surface area contributed by atoms with Gasteiger partial charge in [0.15, 0.2) is 11.5 Å². The second-order valence-electron chi connectivity index (χ2n) is 5.86. The second-order valence-corrected chi connectivity index (χ2v) is 5.86. The van der Waals surface area contributed by atoms with Crippen molar-refractivity contribution in [2.45, 2.75) is 6.42 Å². The van der Waals surface area contributed by atoms with Gasteiger partial charge in [-0.15, -0.1) is 0 Å². The van der Waals surface area contributed by atoms with Crippen LogP contribution < -0.4 is 9.47 Å². The van der Waals surface area contributed by atoms with Crippen LogP contribution in [0.4, 0.5) is 4.39 Å². The molecular weight excluding hydrogens is 319 g/mol. The van der Waals surface area contributed by atoms with E-state index in [4.69, 9.17) is 13.9 Å². The van der Waals surface area contributed by atoms with Gasteiger partial charge in [0.2, 0.25) is 0 Å². The topological polar surface area (TPSA) is 31.6 Å². The summed E-state index contributed by atoms with van der Waals surface area (Å²) < 4.78 is 30.5. The molecule has 25 heavy (non-hydrogen) atoms. The van der Waals surface area contributed by atoms with Crippen LogP contribution in [0, 0.1) is 5.82 Å². The summed E-state index contributed by atoms with van der Waals surface area (Å²) in [6, 6.07) is 16.3. The molecule has 0 spiro atoms. The third-order valence-corrected chi connectivity index (χ3v) is 4.41. The smallest absolute Gasteiger partial charge is 0.164 e. The molecular formula is C21H17FO3. The zero-order chi connectivity index (χ0) is 17.4. The minimum absolute atomic E-state index is 0.274. The molecule has 0 saturated carbocycles. The Balaban J connectivity index is 1.91. The van der Waals surface area contributed by atoms with Gasteiger partial charge in [0.1, 0.15) is 17.0 Å². The molecule has 0 aliphatic carbocycles. The average Bonchev–Trinajstić information content (AvgIpc) is 3.00. The summed E-state index contributed by atoms with van der Waals surface area (Å²) in [5, 5.41) is 1.72. The minimum Gasteiger partial charge on any atom is -0.493 e. The van der Waals surface area contributed by atoms with E-state index in [2.05, 4.69) is 0 Å². The highest BCUT2D eigenvalue weighted by atomic mass is 19.1. The van der Waals surface area contributed by atoms with E-state index in [0.29, 0.717) is 23.5 Å². The van der Waals surface area contributed by atoms with Crippen molar-refractivity contribution in [1.82, 2.24) is 0 Å². The number of ether oxygens (including phenoxy) is 2. The van der Waals surface area contributed by atoms with Gasteiger partial charge in [0.05, 0.1) is 14.2 Å². The van der Waals surface area contributed by atoms with Gasteiger partial charge in [-0.2, -0.15) is 0 Å². The third-order valence-electron chi connectivity index (χ3n) is 4.41. The molecule has 0 aliphatic rings. The molecule has 3 aromatic carbocycles. The first kappa shape index (κ1) is 15.5. The molecule has 1 aromatic heterocycles. The van der Waals surface area contributed by atoms with Crippen LogP contribution in [0.25, 0.3) is 21.9 Å². The van der Waals surface area contributed by atoms with Gasteiger partial charge < -0.3 is 13.9 Å². The van der Waals surface area contributed by atoms with E-state index in [0.717, 1.165) is 27.5 Å². The Morgan fingerprint density at radius 2 is 1.68 bits per heavy atom. The Bertz CT molecular complexity index is 1070. The third kappa shape index (κ3) is 2.60. The van der Waals surface area contributed by atoms with E-state index < -0.39 is 0 Å². The number of hydrogen-bond acceptors (Lipinski definition) is 3. The van der Waals surface area contributed by atoms with Crippen LogP contribution in [0.2, 0.25) is 0 Å². The Kier molecular flexibility index (Phi) is 3.80. The van der Waals surface area contributed by atoms with E-state index >= 15 is 0 Å². The van der Waals surface area contributed by atoms with Gasteiger partial charge in [0.25, 0.3) is 0 Å². The predicted molar refractivity (Wildman–Crippen MR) is 96.0 cm³/mol. The molecule has 0 saturated heterocycles. The van der Waals surface area contributed by atoms with Crippen LogP contribution in [0.3, 0.4) is 0 Å². The van der Waals surface area contributed by atoms with Gasteiger partial charge in [0, 0.05) is 22.8 Å². The Hall–Kier alpha value is -3.01. The molecule has 4 rings (SSSR count). The molecule has 0 bridgehead atoms. The summed E-state index contributed by atoms with van der Waals surface area (Å²) in [7, 11) is 3.25. The lowest BCUT2D eigenvalue weighted by Crippen LogP contribution is -1.97. The van der Waals surface area contributed by atoms with Crippen LogP contribution >= 0.6 is 0 Å². The molecule has 0 unspecified atom stereocenters. The maximum atomic E-state index is 13.7. The van der Waals surface area contributed by atoms with Crippen LogP contribution in [0.1, 0.15) is 11.1 Å². The predicted octanol–water partition coefficient (Wildman–Crippen LogP) is 5.33. The van der Waals surface area contributed by atoms with Crippen molar-refractivity contribution in [1.29, 1.82) is 0 Å². The number of methoxy groups -OCH3 is 2. The Morgan fingerprint density at radius 1 is 0.880 bits per heavy atom. The van der Waals surface area contributed by atoms with Crippen LogP contribution in [0.15, 0.2) is 59.0 Å². The maximum absolute atomic E-state index is 13.7. The summed E-state index contributed by atoms with van der Waals surface area (Å²) in [4.78, 5) is 0. The SMILES string of the molecule is COc1cccc(Cc2cccc3oc4ccc(F)cc4c23)c1OC. The Morgan fingerprint density at radius 3 is 2.48 bits per heavy atom. The minimum atomic E-state index is -0.274. The van der Waals surface area contributed by atoms with Crippen molar-refractivity contribution >= 4 is 21.9 Å². The van der Waals surface area contributed by atoms with Crippen molar-refractivity contribution in [3.8, 4) is 11.5 Å². The molecule has 0 radical (unpaired) electrons. The average molecular weight is 336 g/mol. The molecule has 0 aliphatic heterocycles. The molecule has 4 heteroatoms. The molecule has 1 heterocycles. The van der Waals surface area contributed by atoms with Gasteiger partial charge in [-0.3, -0.25) is 0 Å². The van der Waals surface area contributed by atoms with Crippen molar-refractivity contribution in [3.63, 3.8) is 0 Å². The summed E-state index contributed by atoms with van der Waals surface area (Å²) >= 11 is 0. The second kappa shape index (κ2) is 6.13. The largest absolute Gasteiger partial charge is 0.493 e. The van der Waals surface area contributed by atoms with E-state index in [9.17, 15) is 4.39 Å². The quantitative estimate of drug-likeness (QED) is 0.504. The summed E-state index contributed by atoms with van der Waals surface area (Å²) in [5.41, 5.74) is 3.48. The van der Waals surface area contributed by atoms with E-state index in [-0.39, 0.29) is 5.82 Å². The highest BCUT2D eigenvalue weighted by molar-refractivity contribution is 6.06. The van der Waals surface area contributed by atoms with Crippen molar-refractivity contribution in [2.75, 3.05) is 14.2 Å². The summed E-state index contributed by atoms with van der Waals surface area (Å²) in [5.74, 6) is 1.13. The van der Waals surface area contributed by atoms with Gasteiger partial charge >= 0.3 is 0 Å². The van der Waals surface area contributed by atoms with Gasteiger partial charge in [-0.25, -0.2) is 4.39 Å². The fourth-order valence-electron chi connectivity index (χ4n) is 3.32. The van der Waals surface area contributed by atoms with Crippen molar-refractivity contribution in [3.05, 3.63) is 71.5 Å². The highest BCUT2D eigenvalue weighted by Crippen LogP contribution is 2.36. The zero-order valence-electron chi connectivity index (χ0n) is 14.0. The molecule has 0 N–H and O–H groups in total. The molecule has 0 amide bonds. The lowest BCUT2D eigenvalue weighted by atomic mass is 9.98. The molecule has 0 fully saturated rings. The first-order valence-corrected chi connectivity index (χ1v) is 8.01. The number of furan rings is 1. The first-order chi connectivity index (χ1) is 12.2. The molecule has 126 valence electrons. The van der Waals surface area contributed by atoms with Crippen molar-refractivity contribution in [2.24, 2.45) is 0 Å². The number of para-hydroxylation sites is 1. The van der Waals surface area contributed by atoms with Gasteiger partial charge in [-0.05, 0) is 35.9 Å². The first-order valence-electron chi connectivity index (χ1n) is 8.01. The van der Waals surface area contributed by atoms with Gasteiger partial charge in [-0.1, -0.05) is 24.3 Å². The standard InChI is InChI=1S/C21H17FO3/c1-23-19-8-4-6-14(21(19)24-2)11-13-5-3-7-18-20(13)16-12-15(22)9-10-17(16)25-18/h3-10,12H,11H2,1-2H3. The number of benzene rings is 3. The summed E-state index contributed by atoms with van der Waals surface area (Å²) in [6.45, 7) is 0. The fraction of sp³-hybridized carbons (Fsp3) is 0.143. The Labute approximate surface area is 144 Å². The highest BCUT2D eigenvalue weighted by Gasteiger charge is 2.15. The number of rotatable bonds is 4. The van der Waals surface area contributed by atoms with E-state index in [1.807, 2.05) is 36.4 Å². The van der Waals surface area contributed by atoms with Crippen LogP contribution in [0.5, 0.6) is 11.5 Å². The monoisotopic (exact) mass is 336 g/mol. The molecule has 3 nitrogen and oxygen atoms in total. The zero-order valence-corrected chi connectivity index (χ0v) is 14.0. The number of halogens is 1. The maximum Gasteiger partial charge on any atom is 0.164 e. The lowest BCUT2D eigenvalue weighted by molar-refractivity contribution is 0.352. The number of fused-ring (bicyclic) bond motifs is 3. The fourth-order valence-corrected chi connectivity index (χ4v) is 3.32. The van der Waals surface area contributed by atoms with E-state index in [1.165, 1.54) is 12.1 Å². The number of hydrogen-bond donors (Lipinski definition) is 0. The molecule has 4 aromatic rings. The summed E-state index contributed by atoms with van der Waals surface area (Å²) in [6.07, 6.45) is 0.628. The normalized spacial score (nSPS) is 11.2. The van der Waals surface area contributed by atoms with Crippen molar-refractivity contribution < 1.29 is 18.3 Å². The molecule has 0 atom stereocenters. The van der Waals surface area contributed by atoms with Crippen LogP contribution in [-0.4, -0.2) is 14.2 Å². The lowest BCUT2D eigenvalue weighted by Gasteiger charge is -2.13. The van der Waals surface area contributed by atoms with E-state index in [1.54, 1.807) is 20.3 Å².